The number of carbonyl (C=O) groups is 3. The molecule has 0 saturated heterocycles. The van der Waals surface area contributed by atoms with Gasteiger partial charge >= 0.3 is 11.9 Å². The molecule has 0 bridgehead atoms. The van der Waals surface area contributed by atoms with E-state index < -0.39 is 17.8 Å². The number of aryl methyl sites for hydroxylation is 1. The van der Waals surface area contributed by atoms with Gasteiger partial charge < -0.3 is 14.8 Å². The predicted octanol–water partition coefficient (Wildman–Crippen LogP) is 5.43. The molecule has 0 aliphatic rings. The number of hydrogen-bond donors (Lipinski definition) is 1. The first-order chi connectivity index (χ1) is 18.6. The predicted molar refractivity (Wildman–Crippen MR) is 152 cm³/mol. The number of nitrogens with zero attached hydrogens (tertiary/aromatic N) is 2. The zero-order chi connectivity index (χ0) is 28.3. The molecular weight excluding hydrogens is 538 g/mol. The standard InChI is InChI=1S/C28H29N3O6S2/c1-6-36-27(34)20-17(5)22(28(35)37-13-15(2)3)39-25(20)30-23(32)21-16(4)19-24(38-21)29-14-31(26(19)33)12-18-10-8-7-9-11-18/h7-11,14-15H,6,12-13H2,1-5H3,(H,30,32). The van der Waals surface area contributed by atoms with Crippen molar-refractivity contribution in [3.8, 4) is 0 Å². The largest absolute Gasteiger partial charge is 0.462 e. The average molecular weight is 568 g/mol. The summed E-state index contributed by atoms with van der Waals surface area (Å²) in [7, 11) is 0. The molecule has 3 aromatic heterocycles. The molecule has 204 valence electrons. The Morgan fingerprint density at radius 2 is 1.72 bits per heavy atom. The molecule has 0 aliphatic heterocycles. The van der Waals surface area contributed by atoms with Crippen LogP contribution in [0.1, 0.15) is 67.2 Å². The lowest BCUT2D eigenvalue weighted by Gasteiger charge is -2.07. The molecule has 39 heavy (non-hydrogen) atoms. The Bertz CT molecular complexity index is 1600. The quantitative estimate of drug-likeness (QED) is 0.268. The van der Waals surface area contributed by atoms with Crippen LogP contribution < -0.4 is 10.9 Å². The molecule has 1 N–H and O–H groups in total. The van der Waals surface area contributed by atoms with Gasteiger partial charge in [-0.25, -0.2) is 14.6 Å². The molecule has 4 rings (SSSR count). The summed E-state index contributed by atoms with van der Waals surface area (Å²) in [5.74, 6) is -1.60. The van der Waals surface area contributed by atoms with E-state index in [9.17, 15) is 19.2 Å². The van der Waals surface area contributed by atoms with Crippen LogP contribution in [0.25, 0.3) is 10.2 Å². The van der Waals surface area contributed by atoms with Crippen LogP contribution in [0.4, 0.5) is 5.00 Å². The number of aromatic nitrogens is 2. The van der Waals surface area contributed by atoms with Crippen LogP contribution in [0.3, 0.4) is 0 Å². The van der Waals surface area contributed by atoms with Crippen LogP contribution in [0, 0.1) is 19.8 Å². The van der Waals surface area contributed by atoms with Crippen LogP contribution in [0.5, 0.6) is 0 Å². The highest BCUT2D eigenvalue weighted by Gasteiger charge is 2.29. The summed E-state index contributed by atoms with van der Waals surface area (Å²) in [5.41, 5.74) is 1.68. The van der Waals surface area contributed by atoms with Crippen LogP contribution in [-0.4, -0.2) is 40.6 Å². The molecule has 0 saturated carbocycles. The SMILES string of the molecule is CCOC(=O)c1c(NC(=O)c2sc3ncn(Cc4ccccc4)c(=O)c3c2C)sc(C(=O)OCC(C)C)c1C. The van der Waals surface area contributed by atoms with Crippen molar-refractivity contribution in [3.05, 3.63) is 79.0 Å². The Labute approximate surface area is 233 Å². The number of esters is 2. The number of carbonyl (C=O) groups excluding carboxylic acids is 3. The van der Waals surface area contributed by atoms with E-state index in [2.05, 4.69) is 10.3 Å². The van der Waals surface area contributed by atoms with E-state index in [0.717, 1.165) is 28.2 Å². The van der Waals surface area contributed by atoms with Crippen LogP contribution in [-0.2, 0) is 16.0 Å². The highest BCUT2D eigenvalue weighted by molar-refractivity contribution is 7.21. The summed E-state index contributed by atoms with van der Waals surface area (Å²) in [6.45, 7) is 9.54. The molecule has 1 aromatic carbocycles. The molecule has 4 aromatic rings. The molecule has 3 heterocycles. The number of fused-ring (bicyclic) bond motifs is 1. The third-order valence-corrected chi connectivity index (χ3v) is 8.29. The van der Waals surface area contributed by atoms with Gasteiger partial charge in [0.2, 0.25) is 0 Å². The van der Waals surface area contributed by atoms with Gasteiger partial charge in [0.15, 0.2) is 0 Å². The summed E-state index contributed by atoms with van der Waals surface area (Å²) in [6.07, 6.45) is 1.48. The van der Waals surface area contributed by atoms with Gasteiger partial charge in [0, 0.05) is 0 Å². The van der Waals surface area contributed by atoms with Gasteiger partial charge in [0.25, 0.3) is 11.5 Å². The van der Waals surface area contributed by atoms with E-state index in [1.807, 2.05) is 44.2 Å². The molecule has 0 atom stereocenters. The van der Waals surface area contributed by atoms with Crippen molar-refractivity contribution in [1.82, 2.24) is 9.55 Å². The van der Waals surface area contributed by atoms with Gasteiger partial charge in [-0.05, 0) is 43.4 Å². The second kappa shape index (κ2) is 11.9. The average Bonchev–Trinajstić information content (AvgIpc) is 3.41. The van der Waals surface area contributed by atoms with Crippen molar-refractivity contribution in [1.29, 1.82) is 0 Å². The first kappa shape index (κ1) is 28.2. The summed E-state index contributed by atoms with van der Waals surface area (Å²) < 4.78 is 12.1. The maximum absolute atomic E-state index is 13.4. The number of thiophene rings is 2. The second-order valence-corrected chi connectivity index (χ2v) is 11.3. The Morgan fingerprint density at radius 3 is 2.38 bits per heavy atom. The Balaban J connectivity index is 1.68. The van der Waals surface area contributed by atoms with Crippen molar-refractivity contribution >= 4 is 55.7 Å². The third kappa shape index (κ3) is 5.94. The summed E-state index contributed by atoms with van der Waals surface area (Å²) in [4.78, 5) is 57.6. The van der Waals surface area contributed by atoms with E-state index >= 15 is 0 Å². The van der Waals surface area contributed by atoms with E-state index in [1.165, 1.54) is 10.9 Å². The monoisotopic (exact) mass is 567 g/mol. The van der Waals surface area contributed by atoms with Crippen molar-refractivity contribution in [2.24, 2.45) is 5.92 Å². The fourth-order valence-electron chi connectivity index (χ4n) is 3.98. The molecular formula is C28H29N3O6S2. The number of rotatable bonds is 9. The maximum Gasteiger partial charge on any atom is 0.348 e. The first-order valence-corrected chi connectivity index (χ1v) is 14.1. The number of nitrogens with one attached hydrogen (secondary N) is 1. The first-order valence-electron chi connectivity index (χ1n) is 12.4. The minimum atomic E-state index is -0.650. The molecule has 11 heteroatoms. The number of hydrogen-bond acceptors (Lipinski definition) is 9. The van der Waals surface area contributed by atoms with Crippen LogP contribution in [0.2, 0.25) is 0 Å². The van der Waals surface area contributed by atoms with Gasteiger partial charge in [-0.1, -0.05) is 44.2 Å². The maximum atomic E-state index is 13.4. The minimum Gasteiger partial charge on any atom is -0.462 e. The number of amides is 1. The van der Waals surface area contributed by atoms with E-state index in [0.29, 0.717) is 27.9 Å². The lowest BCUT2D eigenvalue weighted by atomic mass is 10.1. The van der Waals surface area contributed by atoms with Gasteiger partial charge in [0.1, 0.15) is 14.7 Å². The Hall–Kier alpha value is -3.83. The lowest BCUT2D eigenvalue weighted by molar-refractivity contribution is 0.0464. The highest BCUT2D eigenvalue weighted by atomic mass is 32.1. The number of ether oxygens (including phenoxy) is 2. The third-order valence-electron chi connectivity index (χ3n) is 5.91. The van der Waals surface area contributed by atoms with Crippen molar-refractivity contribution in [2.45, 2.75) is 41.2 Å². The zero-order valence-corrected chi connectivity index (χ0v) is 24.0. The zero-order valence-electron chi connectivity index (χ0n) is 22.3. The Kier molecular flexibility index (Phi) is 8.61. The van der Waals surface area contributed by atoms with E-state index in [1.54, 1.807) is 20.8 Å². The summed E-state index contributed by atoms with van der Waals surface area (Å²) in [6, 6.07) is 9.55. The molecule has 0 fully saturated rings. The Morgan fingerprint density at radius 1 is 1.00 bits per heavy atom. The lowest BCUT2D eigenvalue weighted by Crippen LogP contribution is -2.21. The topological polar surface area (TPSA) is 117 Å². The van der Waals surface area contributed by atoms with Gasteiger partial charge in [0.05, 0.1) is 41.9 Å². The van der Waals surface area contributed by atoms with Gasteiger partial charge in [-0.3, -0.25) is 14.2 Å². The van der Waals surface area contributed by atoms with Gasteiger partial charge in [-0.15, -0.1) is 22.7 Å². The molecule has 1 amide bonds. The molecule has 9 nitrogen and oxygen atoms in total. The van der Waals surface area contributed by atoms with Crippen molar-refractivity contribution in [2.75, 3.05) is 18.5 Å². The fraction of sp³-hybridized carbons (Fsp3) is 0.321. The van der Waals surface area contributed by atoms with Crippen LogP contribution in [0.15, 0.2) is 41.5 Å². The highest BCUT2D eigenvalue weighted by Crippen LogP contribution is 2.36. The number of benzene rings is 1. The smallest absolute Gasteiger partial charge is 0.348 e. The van der Waals surface area contributed by atoms with Gasteiger partial charge in [-0.2, -0.15) is 0 Å². The van der Waals surface area contributed by atoms with Crippen molar-refractivity contribution in [3.63, 3.8) is 0 Å². The normalized spacial score (nSPS) is 11.1. The molecule has 0 spiro atoms. The van der Waals surface area contributed by atoms with Crippen LogP contribution >= 0.6 is 22.7 Å². The number of anilines is 1. The van der Waals surface area contributed by atoms with Crippen molar-refractivity contribution < 1.29 is 23.9 Å². The second-order valence-electron chi connectivity index (χ2n) is 9.33. The van der Waals surface area contributed by atoms with E-state index in [-0.39, 0.29) is 45.0 Å². The minimum absolute atomic E-state index is 0.105. The summed E-state index contributed by atoms with van der Waals surface area (Å²) in [5, 5.41) is 3.32. The summed E-state index contributed by atoms with van der Waals surface area (Å²) >= 11 is 2.05. The molecule has 0 aliphatic carbocycles. The van der Waals surface area contributed by atoms with E-state index in [4.69, 9.17) is 9.47 Å². The molecule has 0 radical (unpaired) electrons. The fourth-order valence-corrected chi connectivity index (χ4v) is 6.10. The molecule has 0 unspecified atom stereocenters.